The van der Waals surface area contributed by atoms with E-state index in [1.54, 1.807) is 6.92 Å². The smallest absolute Gasteiger partial charge is 0.311 e. The second-order valence-corrected chi connectivity index (χ2v) is 1.05. The highest BCUT2D eigenvalue weighted by Gasteiger charge is 1.86. The van der Waals surface area contributed by atoms with Crippen LogP contribution in [-0.4, -0.2) is 21.9 Å². The largest absolute Gasteiger partial charge is 0.328 e. The minimum Gasteiger partial charge on any atom is -0.328 e. The standard InChI is InChI=1S/C2H6N2O3.HNO3/c1-2-3-7-4(5)6;2-1(3)4/h3H,2H2,1H3;(H,2,3,4). The highest BCUT2D eigenvalue weighted by atomic mass is 17.0. The van der Waals surface area contributed by atoms with E-state index in [0.717, 1.165) is 0 Å². The third-order valence-electron chi connectivity index (χ3n) is 0.283. The van der Waals surface area contributed by atoms with Gasteiger partial charge in [-0.05, 0) is 0 Å². The van der Waals surface area contributed by atoms with Crippen LogP contribution < -0.4 is 5.48 Å². The summed E-state index contributed by atoms with van der Waals surface area (Å²) in [6, 6.07) is 0. The Morgan fingerprint density at radius 1 is 1.55 bits per heavy atom. The molecule has 9 heteroatoms. The summed E-state index contributed by atoms with van der Waals surface area (Å²) in [5, 5.41) is 22.0. The van der Waals surface area contributed by atoms with Crippen molar-refractivity contribution in [1.82, 2.24) is 5.48 Å². The lowest BCUT2D eigenvalue weighted by molar-refractivity contribution is -0.776. The van der Waals surface area contributed by atoms with E-state index in [1.807, 2.05) is 5.48 Å². The number of hydroxylamine groups is 1. The van der Waals surface area contributed by atoms with Crippen LogP contribution in [0.25, 0.3) is 0 Å². The predicted octanol–water partition coefficient (Wildman–Crippen LogP) is -0.628. The monoisotopic (exact) mass is 169 g/mol. The molecule has 0 saturated carbocycles. The van der Waals surface area contributed by atoms with E-state index in [9.17, 15) is 10.1 Å². The molecule has 0 aliphatic heterocycles. The Balaban J connectivity index is 0. The fraction of sp³-hybridized carbons (Fsp3) is 1.00. The van der Waals surface area contributed by atoms with Crippen LogP contribution in [0.2, 0.25) is 0 Å². The summed E-state index contributed by atoms with van der Waals surface area (Å²) in [6.07, 6.45) is 0. The normalized spacial score (nSPS) is 7.36. The van der Waals surface area contributed by atoms with Gasteiger partial charge in [0, 0.05) is 6.54 Å². The first-order valence-corrected chi connectivity index (χ1v) is 2.38. The van der Waals surface area contributed by atoms with Crippen LogP contribution in [0.3, 0.4) is 0 Å². The van der Waals surface area contributed by atoms with E-state index in [2.05, 4.69) is 4.94 Å². The Kier molecular flexibility index (Phi) is 9.18. The van der Waals surface area contributed by atoms with E-state index in [4.69, 9.17) is 15.3 Å². The van der Waals surface area contributed by atoms with E-state index in [1.165, 1.54) is 0 Å². The van der Waals surface area contributed by atoms with Gasteiger partial charge in [0.05, 0.1) is 0 Å². The van der Waals surface area contributed by atoms with Gasteiger partial charge in [0.1, 0.15) is 0 Å². The van der Waals surface area contributed by atoms with E-state index >= 15 is 0 Å². The maximum atomic E-state index is 9.28. The highest BCUT2D eigenvalue weighted by molar-refractivity contribution is 4.07. The van der Waals surface area contributed by atoms with Crippen LogP contribution in [0.5, 0.6) is 0 Å². The van der Waals surface area contributed by atoms with Crippen LogP contribution in [-0.2, 0) is 4.94 Å². The molecule has 0 unspecified atom stereocenters. The second-order valence-electron chi connectivity index (χ2n) is 1.05. The second kappa shape index (κ2) is 8.36. The van der Waals surface area contributed by atoms with Gasteiger partial charge >= 0.3 is 5.09 Å². The molecule has 0 spiro atoms. The average Bonchev–Trinajstić information content (AvgIpc) is 1.82. The quantitative estimate of drug-likeness (QED) is 0.425. The maximum Gasteiger partial charge on any atom is 0.311 e. The molecule has 11 heavy (non-hydrogen) atoms. The fourth-order valence-electron chi connectivity index (χ4n) is 0.117. The summed E-state index contributed by atoms with van der Waals surface area (Å²) >= 11 is 0. The van der Waals surface area contributed by atoms with Gasteiger partial charge in [-0.3, -0.25) is 0 Å². The number of rotatable bonds is 3. The van der Waals surface area contributed by atoms with Gasteiger partial charge in [-0.25, -0.2) is 4.94 Å². The van der Waals surface area contributed by atoms with Crippen molar-refractivity contribution in [2.45, 2.75) is 6.92 Å². The molecule has 0 heterocycles. The van der Waals surface area contributed by atoms with Gasteiger partial charge in [-0.15, -0.1) is 20.2 Å². The lowest BCUT2D eigenvalue weighted by Crippen LogP contribution is -2.17. The number of hydrogen-bond acceptors (Lipinski definition) is 6. The van der Waals surface area contributed by atoms with Gasteiger partial charge in [0.25, 0.3) is 5.09 Å². The minimum absolute atomic E-state index is 0.432. The first kappa shape index (κ1) is 12.1. The summed E-state index contributed by atoms with van der Waals surface area (Å²) in [5.41, 5.74) is 2.05. The van der Waals surface area contributed by atoms with Gasteiger partial charge in [-0.1, -0.05) is 6.92 Å². The Morgan fingerprint density at radius 2 is 1.91 bits per heavy atom. The van der Waals surface area contributed by atoms with Crippen LogP contribution in [0.4, 0.5) is 0 Å². The lowest BCUT2D eigenvalue weighted by atomic mass is 10.8. The van der Waals surface area contributed by atoms with Crippen molar-refractivity contribution >= 4 is 0 Å². The van der Waals surface area contributed by atoms with Crippen molar-refractivity contribution in [3.05, 3.63) is 20.2 Å². The molecule has 0 aliphatic rings. The number of nitrogens with one attached hydrogen (secondary N) is 1. The Labute approximate surface area is 60.7 Å². The lowest BCUT2D eigenvalue weighted by Gasteiger charge is -1.91. The van der Waals surface area contributed by atoms with Gasteiger partial charge in [0.2, 0.25) is 0 Å². The molecule has 9 nitrogen and oxygen atoms in total. The molecule has 0 fully saturated rings. The molecule has 0 atom stereocenters. The van der Waals surface area contributed by atoms with Crippen molar-refractivity contribution in [3.8, 4) is 0 Å². The van der Waals surface area contributed by atoms with Crippen LogP contribution >= 0.6 is 0 Å². The zero-order valence-electron chi connectivity index (χ0n) is 5.59. The number of hydrogen-bond donors (Lipinski definition) is 2. The van der Waals surface area contributed by atoms with E-state index in [0.29, 0.717) is 6.54 Å². The molecule has 0 radical (unpaired) electrons. The van der Waals surface area contributed by atoms with Crippen molar-refractivity contribution < 1.29 is 20.3 Å². The number of nitrogens with zero attached hydrogens (tertiary/aromatic N) is 2. The predicted molar refractivity (Wildman–Crippen MR) is 30.5 cm³/mol. The average molecular weight is 169 g/mol. The molecule has 0 rings (SSSR count). The van der Waals surface area contributed by atoms with Crippen LogP contribution in [0, 0.1) is 20.2 Å². The molecular weight excluding hydrogens is 162 g/mol. The van der Waals surface area contributed by atoms with Crippen molar-refractivity contribution in [3.63, 3.8) is 0 Å². The minimum atomic E-state index is -1.50. The molecule has 2 N–H and O–H groups in total. The molecule has 0 aromatic heterocycles. The maximum absolute atomic E-state index is 9.28. The van der Waals surface area contributed by atoms with Gasteiger partial charge < -0.3 is 5.21 Å². The Bertz CT molecular complexity index is 121. The third kappa shape index (κ3) is 60.7. The molecule has 0 saturated heterocycles. The Hall–Kier alpha value is -1.64. The molecular formula is C2H7N3O6. The van der Waals surface area contributed by atoms with Crippen molar-refractivity contribution in [2.75, 3.05) is 6.54 Å². The van der Waals surface area contributed by atoms with Crippen molar-refractivity contribution in [2.24, 2.45) is 0 Å². The molecule has 0 amide bonds. The van der Waals surface area contributed by atoms with Crippen LogP contribution in [0.15, 0.2) is 0 Å². The third-order valence-corrected chi connectivity index (χ3v) is 0.283. The summed E-state index contributed by atoms with van der Waals surface area (Å²) in [5.74, 6) is 0. The summed E-state index contributed by atoms with van der Waals surface area (Å²) in [7, 11) is 0. The molecule has 66 valence electrons. The zero-order chi connectivity index (χ0) is 9.28. The topological polar surface area (TPSA) is 128 Å². The first-order valence-electron chi connectivity index (χ1n) is 2.38. The zero-order valence-corrected chi connectivity index (χ0v) is 5.59. The van der Waals surface area contributed by atoms with Crippen molar-refractivity contribution in [1.29, 1.82) is 0 Å². The van der Waals surface area contributed by atoms with Crippen LogP contribution in [0.1, 0.15) is 6.92 Å². The summed E-state index contributed by atoms with van der Waals surface area (Å²) < 4.78 is 0. The van der Waals surface area contributed by atoms with E-state index < -0.39 is 10.2 Å². The Morgan fingerprint density at radius 3 is 2.00 bits per heavy atom. The van der Waals surface area contributed by atoms with E-state index in [-0.39, 0.29) is 0 Å². The SMILES string of the molecule is CCNO[N+](=O)[O-].O=[N+]([O-])O. The summed E-state index contributed by atoms with van der Waals surface area (Å²) in [4.78, 5) is 21.3. The molecule has 0 bridgehead atoms. The highest BCUT2D eigenvalue weighted by Crippen LogP contribution is 1.62. The summed E-state index contributed by atoms with van der Waals surface area (Å²) in [6.45, 7) is 2.13. The molecule has 0 aromatic rings. The molecule has 0 aliphatic carbocycles. The fourth-order valence-corrected chi connectivity index (χ4v) is 0.117. The molecule has 0 aromatic carbocycles. The van der Waals surface area contributed by atoms with Gasteiger partial charge in [0.15, 0.2) is 0 Å². The van der Waals surface area contributed by atoms with Gasteiger partial charge in [-0.2, -0.15) is 5.48 Å². The first-order chi connectivity index (χ1) is 5.00.